The molecular weight excluding hydrogens is 376 g/mol. The first kappa shape index (κ1) is 16.3. The largest absolute Gasteiger partial charge is 0.492 e. The Hall–Kier alpha value is -1.04. The molecule has 2 rings (SSSR count). The van der Waals surface area contributed by atoms with Crippen molar-refractivity contribution in [3.63, 3.8) is 0 Å². The fraction of sp³-hybridized carbons (Fsp3) is 0.200. The summed E-state index contributed by atoms with van der Waals surface area (Å²) >= 11 is 3.22. The lowest BCUT2D eigenvalue weighted by atomic mass is 10.1. The van der Waals surface area contributed by atoms with Crippen LogP contribution in [0.1, 0.15) is 12.0 Å². The highest BCUT2D eigenvalue weighted by Crippen LogP contribution is 2.30. The second-order valence-electron chi connectivity index (χ2n) is 4.47. The third kappa shape index (κ3) is 5.02. The van der Waals surface area contributed by atoms with Crippen LogP contribution in [-0.2, 0) is 15.5 Å². The maximum Gasteiger partial charge on any atom is 0.265 e. The smallest absolute Gasteiger partial charge is 0.265 e. The van der Waals surface area contributed by atoms with Crippen LogP contribution >= 0.6 is 26.6 Å². The SMILES string of the molecule is O=S(=O)(Cl)c1cc(Br)ccc1OCCCc1ccccc1. The minimum absolute atomic E-state index is 0.0155. The Morgan fingerprint density at radius 2 is 1.81 bits per heavy atom. The Morgan fingerprint density at radius 3 is 2.48 bits per heavy atom. The van der Waals surface area contributed by atoms with Crippen molar-refractivity contribution in [3.8, 4) is 5.75 Å². The molecule has 0 saturated heterocycles. The van der Waals surface area contributed by atoms with Gasteiger partial charge in [-0.15, -0.1) is 0 Å². The highest BCUT2D eigenvalue weighted by Gasteiger charge is 2.17. The maximum atomic E-state index is 11.5. The van der Waals surface area contributed by atoms with E-state index in [4.69, 9.17) is 15.4 Å². The van der Waals surface area contributed by atoms with E-state index in [9.17, 15) is 8.42 Å². The van der Waals surface area contributed by atoms with E-state index in [1.54, 1.807) is 12.1 Å². The first-order chi connectivity index (χ1) is 9.97. The molecule has 21 heavy (non-hydrogen) atoms. The number of rotatable bonds is 6. The molecule has 0 spiro atoms. The molecule has 2 aromatic carbocycles. The quantitative estimate of drug-likeness (QED) is 0.543. The molecule has 6 heteroatoms. The predicted octanol–water partition coefficient (Wildman–Crippen LogP) is 4.39. The summed E-state index contributed by atoms with van der Waals surface area (Å²) in [7, 11) is 1.59. The molecule has 0 aliphatic rings. The molecule has 0 radical (unpaired) electrons. The zero-order valence-corrected chi connectivity index (χ0v) is 14.3. The van der Waals surface area contributed by atoms with Crippen LogP contribution in [0.5, 0.6) is 5.75 Å². The normalized spacial score (nSPS) is 11.3. The van der Waals surface area contributed by atoms with Gasteiger partial charge in [-0.3, -0.25) is 0 Å². The molecule has 112 valence electrons. The second kappa shape index (κ2) is 7.29. The Labute approximate surface area is 137 Å². The van der Waals surface area contributed by atoms with Crippen molar-refractivity contribution in [2.45, 2.75) is 17.7 Å². The number of aryl methyl sites for hydroxylation is 1. The van der Waals surface area contributed by atoms with Gasteiger partial charge in [0.05, 0.1) is 6.61 Å². The van der Waals surface area contributed by atoms with Gasteiger partial charge in [-0.05, 0) is 36.6 Å². The Morgan fingerprint density at radius 1 is 1.10 bits per heavy atom. The Bertz CT molecular complexity index is 702. The molecule has 0 fully saturated rings. The number of halogens is 2. The Kier molecular flexibility index (Phi) is 5.67. The first-order valence-corrected chi connectivity index (χ1v) is 9.48. The lowest BCUT2D eigenvalue weighted by Crippen LogP contribution is -2.03. The van der Waals surface area contributed by atoms with Gasteiger partial charge in [0.1, 0.15) is 10.6 Å². The van der Waals surface area contributed by atoms with Gasteiger partial charge in [0.15, 0.2) is 0 Å². The van der Waals surface area contributed by atoms with E-state index < -0.39 is 9.05 Å². The standard InChI is InChI=1S/C15H14BrClO3S/c16-13-8-9-14(15(11-13)21(17,18)19)20-10-4-7-12-5-2-1-3-6-12/h1-3,5-6,8-9,11H,4,7,10H2. The minimum Gasteiger partial charge on any atom is -0.492 e. The molecule has 0 aliphatic carbocycles. The molecule has 0 N–H and O–H groups in total. The monoisotopic (exact) mass is 388 g/mol. The third-order valence-corrected chi connectivity index (χ3v) is 4.71. The summed E-state index contributed by atoms with van der Waals surface area (Å²) in [5.74, 6) is 0.279. The molecule has 2 aromatic rings. The van der Waals surface area contributed by atoms with Gasteiger partial charge in [0.25, 0.3) is 9.05 Å². The van der Waals surface area contributed by atoms with Gasteiger partial charge in [0, 0.05) is 15.2 Å². The van der Waals surface area contributed by atoms with Crippen molar-refractivity contribution in [2.24, 2.45) is 0 Å². The molecule has 0 heterocycles. The minimum atomic E-state index is -3.83. The molecule has 0 saturated carbocycles. The fourth-order valence-electron chi connectivity index (χ4n) is 1.89. The van der Waals surface area contributed by atoms with Gasteiger partial charge >= 0.3 is 0 Å². The van der Waals surface area contributed by atoms with E-state index in [2.05, 4.69) is 15.9 Å². The third-order valence-electron chi connectivity index (χ3n) is 2.88. The molecule has 3 nitrogen and oxygen atoms in total. The van der Waals surface area contributed by atoms with Crippen LogP contribution in [0.4, 0.5) is 0 Å². The van der Waals surface area contributed by atoms with Crippen LogP contribution in [0.15, 0.2) is 57.9 Å². The molecule has 0 aliphatic heterocycles. The maximum absolute atomic E-state index is 11.5. The van der Waals surface area contributed by atoms with E-state index in [1.165, 1.54) is 11.6 Å². The van der Waals surface area contributed by atoms with E-state index in [0.717, 1.165) is 12.8 Å². The summed E-state index contributed by atoms with van der Waals surface area (Å²) in [5.41, 5.74) is 1.22. The summed E-state index contributed by atoms with van der Waals surface area (Å²) in [4.78, 5) is -0.0155. The van der Waals surface area contributed by atoms with Crippen LogP contribution < -0.4 is 4.74 Å². The number of hydrogen-bond donors (Lipinski definition) is 0. The molecular formula is C15H14BrClO3S. The second-order valence-corrected chi connectivity index (χ2v) is 7.92. The zero-order chi connectivity index (χ0) is 15.3. The van der Waals surface area contributed by atoms with Crippen molar-refractivity contribution in [1.29, 1.82) is 0 Å². The van der Waals surface area contributed by atoms with Crippen molar-refractivity contribution in [2.75, 3.05) is 6.61 Å². The summed E-state index contributed by atoms with van der Waals surface area (Å²) in [5, 5.41) is 0. The number of ether oxygens (including phenoxy) is 1. The highest BCUT2D eigenvalue weighted by atomic mass is 79.9. The van der Waals surface area contributed by atoms with Crippen LogP contribution in [0.25, 0.3) is 0 Å². The molecule has 0 atom stereocenters. The molecule has 0 aromatic heterocycles. The number of hydrogen-bond acceptors (Lipinski definition) is 3. The van der Waals surface area contributed by atoms with Crippen molar-refractivity contribution in [1.82, 2.24) is 0 Å². The van der Waals surface area contributed by atoms with E-state index in [-0.39, 0.29) is 10.6 Å². The van der Waals surface area contributed by atoms with Crippen LogP contribution in [0.2, 0.25) is 0 Å². The van der Waals surface area contributed by atoms with Crippen molar-refractivity contribution < 1.29 is 13.2 Å². The fourth-order valence-corrected chi connectivity index (χ4v) is 3.40. The topological polar surface area (TPSA) is 43.4 Å². The Balaban J connectivity index is 1.98. The van der Waals surface area contributed by atoms with E-state index >= 15 is 0 Å². The first-order valence-electron chi connectivity index (χ1n) is 6.38. The van der Waals surface area contributed by atoms with Crippen molar-refractivity contribution >= 4 is 35.7 Å². The van der Waals surface area contributed by atoms with Crippen LogP contribution in [0.3, 0.4) is 0 Å². The lowest BCUT2D eigenvalue weighted by molar-refractivity contribution is 0.303. The van der Waals surface area contributed by atoms with E-state index in [1.807, 2.05) is 30.3 Å². The molecule has 0 bridgehead atoms. The summed E-state index contributed by atoms with van der Waals surface area (Å²) in [6, 6.07) is 14.8. The van der Waals surface area contributed by atoms with Gasteiger partial charge in [-0.1, -0.05) is 46.3 Å². The van der Waals surface area contributed by atoms with Crippen molar-refractivity contribution in [3.05, 3.63) is 58.6 Å². The zero-order valence-electron chi connectivity index (χ0n) is 11.1. The summed E-state index contributed by atoms with van der Waals surface area (Å²) in [6.45, 7) is 0.427. The van der Waals surface area contributed by atoms with E-state index in [0.29, 0.717) is 11.1 Å². The van der Waals surface area contributed by atoms with Gasteiger partial charge < -0.3 is 4.74 Å². The van der Waals surface area contributed by atoms with Gasteiger partial charge in [-0.25, -0.2) is 8.42 Å². The average molecular weight is 390 g/mol. The molecule has 0 amide bonds. The van der Waals surface area contributed by atoms with Crippen LogP contribution in [0, 0.1) is 0 Å². The van der Waals surface area contributed by atoms with Gasteiger partial charge in [0.2, 0.25) is 0 Å². The molecule has 0 unspecified atom stereocenters. The lowest BCUT2D eigenvalue weighted by Gasteiger charge is -2.10. The van der Waals surface area contributed by atoms with Gasteiger partial charge in [-0.2, -0.15) is 0 Å². The van der Waals surface area contributed by atoms with Crippen LogP contribution in [-0.4, -0.2) is 15.0 Å². The average Bonchev–Trinajstić information content (AvgIpc) is 2.45. The number of benzene rings is 2. The summed E-state index contributed by atoms with van der Waals surface area (Å²) in [6.07, 6.45) is 1.67. The highest BCUT2D eigenvalue weighted by molar-refractivity contribution is 9.10. The predicted molar refractivity (Wildman–Crippen MR) is 87.4 cm³/mol. The summed E-state index contributed by atoms with van der Waals surface area (Å²) < 4.78 is 29.2.